The molecule has 5 nitrogen and oxygen atoms in total. The number of fused-ring (bicyclic) bond motifs is 1. The molecule has 0 aliphatic heterocycles. The second kappa shape index (κ2) is 6.33. The van der Waals surface area contributed by atoms with Crippen LogP contribution < -0.4 is 5.32 Å². The number of amides is 1. The van der Waals surface area contributed by atoms with Crippen molar-refractivity contribution in [2.75, 3.05) is 11.1 Å². The zero-order valence-electron chi connectivity index (χ0n) is 11.4. The van der Waals surface area contributed by atoms with Crippen molar-refractivity contribution in [2.24, 2.45) is 0 Å². The molecule has 0 aliphatic carbocycles. The number of thiocyanates is 1. The van der Waals surface area contributed by atoms with E-state index in [0.717, 1.165) is 28.4 Å². The van der Waals surface area contributed by atoms with E-state index in [0.29, 0.717) is 11.6 Å². The van der Waals surface area contributed by atoms with Crippen molar-refractivity contribution in [1.29, 1.82) is 5.26 Å². The second-order valence-electron chi connectivity index (χ2n) is 4.50. The van der Waals surface area contributed by atoms with Crippen LogP contribution in [0.1, 0.15) is 0 Å². The number of oxazole rings is 1. The van der Waals surface area contributed by atoms with Crippen LogP contribution in [0.25, 0.3) is 22.6 Å². The van der Waals surface area contributed by atoms with Crippen molar-refractivity contribution < 1.29 is 9.21 Å². The second-order valence-corrected chi connectivity index (χ2v) is 5.26. The summed E-state index contributed by atoms with van der Waals surface area (Å²) in [6, 6.07) is 14.8. The molecule has 1 N–H and O–H groups in total. The summed E-state index contributed by atoms with van der Waals surface area (Å²) < 4.78 is 5.71. The van der Waals surface area contributed by atoms with Crippen molar-refractivity contribution in [2.45, 2.75) is 0 Å². The molecule has 2 aromatic carbocycles. The SMILES string of the molecule is N#CSCC(=O)Nc1cccc(-c2nc3ccccc3o2)c1. The van der Waals surface area contributed by atoms with E-state index in [2.05, 4.69) is 10.3 Å². The quantitative estimate of drug-likeness (QED) is 0.744. The lowest BCUT2D eigenvalue weighted by molar-refractivity contribution is -0.113. The Balaban J connectivity index is 1.84. The molecule has 0 saturated carbocycles. The summed E-state index contributed by atoms with van der Waals surface area (Å²) in [5.74, 6) is 0.383. The lowest BCUT2D eigenvalue weighted by atomic mass is 10.2. The van der Waals surface area contributed by atoms with Crippen molar-refractivity contribution in [1.82, 2.24) is 4.98 Å². The summed E-state index contributed by atoms with van der Waals surface area (Å²) in [5.41, 5.74) is 2.93. The van der Waals surface area contributed by atoms with Crippen LogP contribution in [0, 0.1) is 10.7 Å². The van der Waals surface area contributed by atoms with E-state index in [9.17, 15) is 4.79 Å². The van der Waals surface area contributed by atoms with Gasteiger partial charge in [-0.2, -0.15) is 5.26 Å². The largest absolute Gasteiger partial charge is 0.436 e. The maximum atomic E-state index is 11.6. The number of rotatable bonds is 4. The van der Waals surface area contributed by atoms with Crippen LogP contribution in [0.3, 0.4) is 0 Å². The van der Waals surface area contributed by atoms with Gasteiger partial charge in [-0.3, -0.25) is 4.79 Å². The number of nitrogens with one attached hydrogen (secondary N) is 1. The van der Waals surface area contributed by atoms with Crippen LogP contribution in [0.4, 0.5) is 5.69 Å². The van der Waals surface area contributed by atoms with Crippen LogP contribution >= 0.6 is 11.8 Å². The van der Waals surface area contributed by atoms with E-state index in [4.69, 9.17) is 9.68 Å². The number of hydrogen-bond donors (Lipinski definition) is 1. The first kappa shape index (κ1) is 14.2. The molecule has 0 unspecified atom stereocenters. The third kappa shape index (κ3) is 3.10. The topological polar surface area (TPSA) is 78.9 Å². The van der Waals surface area contributed by atoms with Gasteiger partial charge in [-0.1, -0.05) is 18.2 Å². The molecule has 0 atom stereocenters. The van der Waals surface area contributed by atoms with E-state index in [-0.39, 0.29) is 11.7 Å². The first-order valence-electron chi connectivity index (χ1n) is 6.53. The van der Waals surface area contributed by atoms with Crippen LogP contribution in [0.5, 0.6) is 0 Å². The summed E-state index contributed by atoms with van der Waals surface area (Å²) in [7, 11) is 0. The normalized spacial score (nSPS) is 10.3. The summed E-state index contributed by atoms with van der Waals surface area (Å²) in [5, 5.41) is 13.1. The Hall–Kier alpha value is -2.78. The molecule has 6 heteroatoms. The Kier molecular flexibility index (Phi) is 4.08. The molecule has 22 heavy (non-hydrogen) atoms. The third-order valence-electron chi connectivity index (χ3n) is 2.95. The summed E-state index contributed by atoms with van der Waals surface area (Å²) in [4.78, 5) is 16.1. The maximum Gasteiger partial charge on any atom is 0.235 e. The average molecular weight is 309 g/mol. The Labute approximate surface area is 131 Å². The van der Waals surface area contributed by atoms with Gasteiger partial charge in [0.15, 0.2) is 5.58 Å². The van der Waals surface area contributed by atoms with E-state index in [1.807, 2.05) is 41.8 Å². The van der Waals surface area contributed by atoms with Gasteiger partial charge in [0.1, 0.15) is 10.9 Å². The highest BCUT2D eigenvalue weighted by atomic mass is 32.2. The lowest BCUT2D eigenvalue weighted by Gasteiger charge is -2.04. The van der Waals surface area contributed by atoms with Crippen LogP contribution in [0.2, 0.25) is 0 Å². The highest BCUT2D eigenvalue weighted by Crippen LogP contribution is 2.26. The number of benzene rings is 2. The van der Waals surface area contributed by atoms with Gasteiger partial charge in [-0.15, -0.1) is 0 Å². The first-order valence-corrected chi connectivity index (χ1v) is 7.51. The van der Waals surface area contributed by atoms with Gasteiger partial charge in [0, 0.05) is 11.3 Å². The molecule has 0 saturated heterocycles. The summed E-state index contributed by atoms with van der Waals surface area (Å²) in [6.45, 7) is 0. The molecule has 108 valence electrons. The molecular weight excluding hydrogens is 298 g/mol. The number of anilines is 1. The molecule has 0 aliphatic rings. The van der Waals surface area contributed by atoms with Crippen molar-refractivity contribution >= 4 is 34.5 Å². The minimum Gasteiger partial charge on any atom is -0.436 e. The Morgan fingerprint density at radius 3 is 2.95 bits per heavy atom. The fourth-order valence-corrected chi connectivity index (χ4v) is 2.29. The van der Waals surface area contributed by atoms with Crippen LogP contribution in [-0.4, -0.2) is 16.6 Å². The monoisotopic (exact) mass is 309 g/mol. The van der Waals surface area contributed by atoms with Gasteiger partial charge in [0.05, 0.1) is 5.75 Å². The zero-order chi connectivity index (χ0) is 15.4. The molecule has 0 bridgehead atoms. The predicted octanol–water partition coefficient (Wildman–Crippen LogP) is 3.65. The lowest BCUT2D eigenvalue weighted by Crippen LogP contribution is -2.13. The minimum atomic E-state index is -0.221. The van der Waals surface area contributed by atoms with E-state index >= 15 is 0 Å². The molecule has 0 fully saturated rings. The average Bonchev–Trinajstić information content (AvgIpc) is 2.97. The maximum absolute atomic E-state index is 11.6. The number of thioether (sulfide) groups is 1. The number of para-hydroxylation sites is 2. The molecule has 0 spiro atoms. The Morgan fingerprint density at radius 2 is 2.14 bits per heavy atom. The molecule has 3 aromatic rings. The van der Waals surface area contributed by atoms with Crippen LogP contribution in [-0.2, 0) is 4.79 Å². The minimum absolute atomic E-state index is 0.101. The number of aromatic nitrogens is 1. The number of hydrogen-bond acceptors (Lipinski definition) is 5. The molecular formula is C16H11N3O2S. The van der Waals surface area contributed by atoms with Gasteiger partial charge in [0.2, 0.25) is 11.8 Å². The molecule has 1 aromatic heterocycles. The Bertz CT molecular complexity index is 834. The molecule has 1 heterocycles. The van der Waals surface area contributed by atoms with Gasteiger partial charge in [-0.05, 0) is 42.1 Å². The van der Waals surface area contributed by atoms with E-state index < -0.39 is 0 Å². The number of carbonyl (C=O) groups is 1. The number of carbonyl (C=O) groups excluding carboxylic acids is 1. The zero-order valence-corrected chi connectivity index (χ0v) is 12.3. The van der Waals surface area contributed by atoms with Crippen LogP contribution in [0.15, 0.2) is 52.9 Å². The van der Waals surface area contributed by atoms with Gasteiger partial charge in [0.25, 0.3) is 0 Å². The fraction of sp³-hybridized carbons (Fsp3) is 0.0625. The van der Waals surface area contributed by atoms with Gasteiger partial charge < -0.3 is 9.73 Å². The van der Waals surface area contributed by atoms with Gasteiger partial charge >= 0.3 is 0 Å². The van der Waals surface area contributed by atoms with E-state index in [1.165, 1.54) is 0 Å². The first-order chi connectivity index (χ1) is 10.8. The smallest absolute Gasteiger partial charge is 0.235 e. The predicted molar refractivity (Wildman–Crippen MR) is 86.1 cm³/mol. The molecule has 3 rings (SSSR count). The highest BCUT2D eigenvalue weighted by molar-refractivity contribution is 8.04. The summed E-state index contributed by atoms with van der Waals surface area (Å²) in [6.07, 6.45) is 0. The van der Waals surface area contributed by atoms with Gasteiger partial charge in [-0.25, -0.2) is 4.98 Å². The standard InChI is InChI=1S/C16H11N3O2S/c17-10-22-9-15(20)18-12-5-3-4-11(8-12)16-19-13-6-1-2-7-14(13)21-16/h1-8H,9H2,(H,18,20). The molecule has 1 amide bonds. The third-order valence-corrected chi connectivity index (χ3v) is 3.49. The Morgan fingerprint density at radius 1 is 1.27 bits per heavy atom. The van der Waals surface area contributed by atoms with Crippen molar-refractivity contribution in [3.63, 3.8) is 0 Å². The highest BCUT2D eigenvalue weighted by Gasteiger charge is 2.09. The summed E-state index contributed by atoms with van der Waals surface area (Å²) >= 11 is 0.902. The van der Waals surface area contributed by atoms with Crippen molar-refractivity contribution in [3.05, 3.63) is 48.5 Å². The number of nitrogens with zero attached hydrogens (tertiary/aromatic N) is 2. The van der Waals surface area contributed by atoms with Crippen molar-refractivity contribution in [3.8, 4) is 16.9 Å². The molecule has 0 radical (unpaired) electrons. The fourth-order valence-electron chi connectivity index (χ4n) is 2.02. The van der Waals surface area contributed by atoms with E-state index in [1.54, 1.807) is 12.1 Å². The number of nitriles is 1.